The predicted molar refractivity (Wildman–Crippen MR) is 60.4 cm³/mol. The van der Waals surface area contributed by atoms with E-state index < -0.39 is 11.9 Å². The van der Waals surface area contributed by atoms with E-state index in [2.05, 4.69) is 25.5 Å². The molecule has 2 aromatic heterocycles. The summed E-state index contributed by atoms with van der Waals surface area (Å²) in [5, 5.41) is 20.0. The van der Waals surface area contributed by atoms with Crippen LogP contribution in [0.4, 0.5) is 0 Å². The Kier molecular flexibility index (Phi) is 3.26. The van der Waals surface area contributed by atoms with Crippen molar-refractivity contribution in [2.45, 2.75) is 20.4 Å². The normalized spacial score (nSPS) is 12.3. The van der Waals surface area contributed by atoms with Gasteiger partial charge in [-0.2, -0.15) is 0 Å². The van der Waals surface area contributed by atoms with Gasteiger partial charge in [0.25, 0.3) is 0 Å². The lowest BCUT2D eigenvalue weighted by molar-refractivity contribution is -0.141. The van der Waals surface area contributed by atoms with Gasteiger partial charge in [0.1, 0.15) is 5.69 Å². The van der Waals surface area contributed by atoms with E-state index in [-0.39, 0.29) is 6.54 Å². The van der Waals surface area contributed by atoms with E-state index in [4.69, 9.17) is 5.11 Å². The number of aliphatic carboxylic acids is 1. The molecule has 1 atom stereocenters. The maximum atomic E-state index is 10.8. The molecule has 0 spiro atoms. The highest BCUT2D eigenvalue weighted by molar-refractivity contribution is 5.69. The third kappa shape index (κ3) is 2.47. The smallest absolute Gasteiger partial charge is 0.308 e. The third-order valence-electron chi connectivity index (χ3n) is 2.41. The average Bonchev–Trinajstić information content (AvgIpc) is 2.78. The van der Waals surface area contributed by atoms with E-state index >= 15 is 0 Å². The summed E-state index contributed by atoms with van der Waals surface area (Å²) in [6, 6.07) is 0. The van der Waals surface area contributed by atoms with Crippen molar-refractivity contribution >= 4 is 5.97 Å². The Morgan fingerprint density at radius 2 is 2.22 bits per heavy atom. The number of carboxylic acids is 1. The van der Waals surface area contributed by atoms with Crippen LogP contribution in [0.3, 0.4) is 0 Å². The van der Waals surface area contributed by atoms with Crippen molar-refractivity contribution in [1.29, 1.82) is 0 Å². The Hall–Kier alpha value is -2.38. The molecule has 18 heavy (non-hydrogen) atoms. The molecule has 0 aliphatic carbocycles. The number of tetrazole rings is 1. The fourth-order valence-corrected chi connectivity index (χ4v) is 1.36. The van der Waals surface area contributed by atoms with Crippen LogP contribution in [0, 0.1) is 12.8 Å². The van der Waals surface area contributed by atoms with Crippen molar-refractivity contribution in [1.82, 2.24) is 30.2 Å². The monoisotopic (exact) mass is 248 g/mol. The van der Waals surface area contributed by atoms with Crippen LogP contribution in [0.2, 0.25) is 0 Å². The van der Waals surface area contributed by atoms with Crippen LogP contribution in [0.25, 0.3) is 11.5 Å². The van der Waals surface area contributed by atoms with Crippen molar-refractivity contribution in [3.63, 3.8) is 0 Å². The van der Waals surface area contributed by atoms with Gasteiger partial charge in [0.2, 0.25) is 5.82 Å². The summed E-state index contributed by atoms with van der Waals surface area (Å²) in [5.41, 5.74) is 1.31. The Morgan fingerprint density at radius 3 is 2.83 bits per heavy atom. The van der Waals surface area contributed by atoms with Gasteiger partial charge in [0, 0.05) is 6.20 Å². The number of aryl methyl sites for hydroxylation is 1. The highest BCUT2D eigenvalue weighted by Gasteiger charge is 2.17. The molecule has 1 N–H and O–H groups in total. The van der Waals surface area contributed by atoms with E-state index in [9.17, 15) is 4.79 Å². The second kappa shape index (κ2) is 4.86. The molecule has 8 nitrogen and oxygen atoms in total. The van der Waals surface area contributed by atoms with Crippen LogP contribution in [0.1, 0.15) is 12.6 Å². The molecule has 0 amide bonds. The van der Waals surface area contributed by atoms with Crippen molar-refractivity contribution < 1.29 is 9.90 Å². The zero-order chi connectivity index (χ0) is 13.1. The molecule has 8 heteroatoms. The molecule has 2 rings (SSSR count). The molecule has 0 aliphatic heterocycles. The second-order valence-corrected chi connectivity index (χ2v) is 3.97. The molecule has 2 aromatic rings. The molecule has 0 saturated carbocycles. The number of aromatic nitrogens is 6. The van der Waals surface area contributed by atoms with Gasteiger partial charge < -0.3 is 5.11 Å². The maximum absolute atomic E-state index is 10.8. The van der Waals surface area contributed by atoms with Crippen LogP contribution < -0.4 is 0 Å². The van der Waals surface area contributed by atoms with Gasteiger partial charge >= 0.3 is 5.97 Å². The highest BCUT2D eigenvalue weighted by atomic mass is 16.4. The molecule has 0 radical (unpaired) electrons. The van der Waals surface area contributed by atoms with Gasteiger partial charge in [-0.3, -0.25) is 9.78 Å². The summed E-state index contributed by atoms with van der Waals surface area (Å²) in [7, 11) is 0. The van der Waals surface area contributed by atoms with E-state index in [0.29, 0.717) is 11.5 Å². The van der Waals surface area contributed by atoms with Crippen LogP contribution >= 0.6 is 0 Å². The molecule has 0 aliphatic rings. The Bertz CT molecular complexity index is 550. The van der Waals surface area contributed by atoms with Gasteiger partial charge in [0.05, 0.1) is 24.4 Å². The minimum Gasteiger partial charge on any atom is -0.481 e. The van der Waals surface area contributed by atoms with Crippen LogP contribution in [-0.2, 0) is 11.3 Å². The molecule has 0 aromatic carbocycles. The molecular weight excluding hydrogens is 236 g/mol. The summed E-state index contributed by atoms with van der Waals surface area (Å²) in [5.74, 6) is -1.06. The molecule has 0 bridgehead atoms. The fourth-order valence-electron chi connectivity index (χ4n) is 1.36. The van der Waals surface area contributed by atoms with Crippen molar-refractivity contribution in [2.75, 3.05) is 0 Å². The Labute approximate surface area is 103 Å². The van der Waals surface area contributed by atoms with Crippen LogP contribution in [0.15, 0.2) is 12.4 Å². The lowest BCUT2D eigenvalue weighted by Crippen LogP contribution is -2.18. The summed E-state index contributed by atoms with van der Waals surface area (Å²) in [4.78, 5) is 19.1. The number of hydrogen-bond acceptors (Lipinski definition) is 6. The number of carbonyl (C=O) groups is 1. The highest BCUT2D eigenvalue weighted by Crippen LogP contribution is 2.12. The first-order chi connectivity index (χ1) is 8.58. The summed E-state index contributed by atoms with van der Waals surface area (Å²) < 4.78 is 1.41. The number of rotatable bonds is 4. The molecule has 94 valence electrons. The van der Waals surface area contributed by atoms with Gasteiger partial charge in [-0.25, -0.2) is 9.67 Å². The summed E-state index contributed by atoms with van der Waals surface area (Å²) >= 11 is 0. The lowest BCUT2D eigenvalue weighted by Gasteiger charge is -2.07. The molecule has 0 fully saturated rings. The van der Waals surface area contributed by atoms with E-state index in [0.717, 1.165) is 5.69 Å². The van der Waals surface area contributed by atoms with Crippen molar-refractivity contribution in [3.05, 3.63) is 18.1 Å². The van der Waals surface area contributed by atoms with Gasteiger partial charge in [-0.05, 0) is 17.4 Å². The molecule has 1 unspecified atom stereocenters. The van der Waals surface area contributed by atoms with Crippen LogP contribution in [0.5, 0.6) is 0 Å². The van der Waals surface area contributed by atoms with Crippen LogP contribution in [-0.4, -0.2) is 41.3 Å². The fraction of sp³-hybridized carbons (Fsp3) is 0.400. The maximum Gasteiger partial charge on any atom is 0.308 e. The molecule has 2 heterocycles. The first-order valence-corrected chi connectivity index (χ1v) is 5.36. The largest absolute Gasteiger partial charge is 0.481 e. The minimum atomic E-state index is -0.897. The number of hydrogen-bond donors (Lipinski definition) is 1. The number of nitrogens with zero attached hydrogens (tertiary/aromatic N) is 6. The first-order valence-electron chi connectivity index (χ1n) is 5.36. The van der Waals surface area contributed by atoms with Crippen molar-refractivity contribution in [3.8, 4) is 11.5 Å². The van der Waals surface area contributed by atoms with Crippen molar-refractivity contribution in [2.24, 2.45) is 5.92 Å². The zero-order valence-corrected chi connectivity index (χ0v) is 9.98. The minimum absolute atomic E-state index is 0.188. The topological polar surface area (TPSA) is 107 Å². The first kappa shape index (κ1) is 12.1. The summed E-state index contributed by atoms with van der Waals surface area (Å²) in [6.07, 6.45) is 3.16. The Morgan fingerprint density at radius 1 is 1.44 bits per heavy atom. The van der Waals surface area contributed by atoms with E-state index in [1.165, 1.54) is 4.68 Å². The summed E-state index contributed by atoms with van der Waals surface area (Å²) in [6.45, 7) is 3.61. The lowest BCUT2D eigenvalue weighted by atomic mass is 10.2. The standard InChI is InChI=1S/C10H12N6O2/c1-6(10(17)18)5-16-9(13-14-15-16)8-4-11-7(2)3-12-8/h3-4,6H,5H2,1-2H3,(H,17,18). The quantitative estimate of drug-likeness (QED) is 0.821. The zero-order valence-electron chi connectivity index (χ0n) is 9.98. The number of carboxylic acid groups (broad SMARTS) is 1. The van der Waals surface area contributed by atoms with Gasteiger partial charge in [0.15, 0.2) is 0 Å². The predicted octanol–water partition coefficient (Wildman–Crippen LogP) is 0.159. The average molecular weight is 248 g/mol. The van der Waals surface area contributed by atoms with Gasteiger partial charge in [-0.1, -0.05) is 6.92 Å². The third-order valence-corrected chi connectivity index (χ3v) is 2.41. The second-order valence-electron chi connectivity index (χ2n) is 3.97. The van der Waals surface area contributed by atoms with Gasteiger partial charge in [-0.15, -0.1) is 5.10 Å². The molecular formula is C10H12N6O2. The molecule has 0 saturated heterocycles. The Balaban J connectivity index is 2.27. The van der Waals surface area contributed by atoms with E-state index in [1.807, 2.05) is 6.92 Å². The SMILES string of the molecule is Cc1cnc(-c2nnnn2CC(C)C(=O)O)cn1. The van der Waals surface area contributed by atoms with E-state index in [1.54, 1.807) is 19.3 Å².